The first-order chi connectivity index (χ1) is 13.6. The third-order valence-electron chi connectivity index (χ3n) is 6.57. The number of pyridine rings is 1. The Balaban J connectivity index is 1.39. The molecule has 7 nitrogen and oxygen atoms in total. The van der Waals surface area contributed by atoms with Crippen molar-refractivity contribution in [3.8, 4) is 5.88 Å². The number of nitrogens with one attached hydrogen (secondary N) is 1. The van der Waals surface area contributed by atoms with Crippen LogP contribution in [0.4, 0.5) is 5.69 Å². The molecule has 2 saturated heterocycles. The number of rotatable bonds is 1. The number of carbonyl (C=O) groups excluding carboxylic acids is 2. The van der Waals surface area contributed by atoms with Gasteiger partial charge in [-0.05, 0) is 56.2 Å². The summed E-state index contributed by atoms with van der Waals surface area (Å²) in [5, 5.41) is 2.98. The van der Waals surface area contributed by atoms with Crippen molar-refractivity contribution in [1.29, 1.82) is 0 Å². The topological polar surface area (TPSA) is 74.8 Å². The van der Waals surface area contributed by atoms with Crippen molar-refractivity contribution in [1.82, 2.24) is 14.8 Å². The molecule has 0 aliphatic carbocycles. The van der Waals surface area contributed by atoms with Gasteiger partial charge < -0.3 is 15.0 Å². The molecule has 152 valence electrons. The first-order valence-electron chi connectivity index (χ1n) is 10.5. The molecule has 0 radical (unpaired) electrons. The summed E-state index contributed by atoms with van der Waals surface area (Å²) < 4.78 is 5.89. The Bertz CT molecular complexity index is 717. The minimum absolute atomic E-state index is 0.0537. The van der Waals surface area contributed by atoms with Crippen LogP contribution in [0.25, 0.3) is 0 Å². The van der Waals surface area contributed by atoms with Gasteiger partial charge in [0.25, 0.3) is 0 Å². The smallest absolute Gasteiger partial charge is 0.237 e. The van der Waals surface area contributed by atoms with E-state index in [1.54, 1.807) is 13.1 Å². The van der Waals surface area contributed by atoms with Crippen LogP contribution in [0.15, 0.2) is 18.3 Å². The number of anilines is 1. The Morgan fingerprint density at radius 1 is 1.18 bits per heavy atom. The average molecular weight is 386 g/mol. The van der Waals surface area contributed by atoms with Crippen molar-refractivity contribution in [2.45, 2.75) is 45.1 Å². The van der Waals surface area contributed by atoms with Crippen molar-refractivity contribution in [2.24, 2.45) is 11.8 Å². The Labute approximate surface area is 166 Å². The molecule has 0 unspecified atom stereocenters. The molecule has 0 bridgehead atoms. The van der Waals surface area contributed by atoms with Gasteiger partial charge in [-0.25, -0.2) is 4.98 Å². The number of aromatic nitrogens is 1. The minimum atomic E-state index is 0.0537. The van der Waals surface area contributed by atoms with Crippen molar-refractivity contribution in [3.63, 3.8) is 0 Å². The second-order valence-corrected chi connectivity index (χ2v) is 8.29. The van der Waals surface area contributed by atoms with E-state index in [1.165, 1.54) is 0 Å². The number of carbonyl (C=O) groups is 2. The van der Waals surface area contributed by atoms with E-state index in [1.807, 2.05) is 17.0 Å². The number of fused-ring (bicyclic) bond motifs is 2. The van der Waals surface area contributed by atoms with Crippen molar-refractivity contribution < 1.29 is 14.3 Å². The molecule has 3 aliphatic heterocycles. The van der Waals surface area contributed by atoms with Gasteiger partial charge in [-0.1, -0.05) is 0 Å². The van der Waals surface area contributed by atoms with E-state index in [0.29, 0.717) is 42.5 Å². The van der Waals surface area contributed by atoms with E-state index in [4.69, 9.17) is 4.74 Å². The maximum atomic E-state index is 12.6. The lowest BCUT2D eigenvalue weighted by Crippen LogP contribution is -2.51. The molecule has 7 heteroatoms. The maximum Gasteiger partial charge on any atom is 0.237 e. The number of amides is 2. The molecule has 1 aromatic heterocycles. The summed E-state index contributed by atoms with van der Waals surface area (Å²) in [5.41, 5.74) is 0.667. The second kappa shape index (κ2) is 8.47. The second-order valence-electron chi connectivity index (χ2n) is 8.29. The molecule has 2 fully saturated rings. The molecule has 1 aromatic rings. The van der Waals surface area contributed by atoms with Crippen LogP contribution in [0.3, 0.4) is 0 Å². The first kappa shape index (κ1) is 19.2. The lowest BCUT2D eigenvalue weighted by Gasteiger charge is -2.45. The lowest BCUT2D eigenvalue weighted by atomic mass is 9.80. The van der Waals surface area contributed by atoms with Crippen molar-refractivity contribution in [2.75, 3.05) is 38.1 Å². The molecule has 4 heterocycles. The molecule has 4 rings (SSSR count). The molecule has 0 saturated carbocycles. The zero-order valence-corrected chi connectivity index (χ0v) is 16.6. The van der Waals surface area contributed by atoms with E-state index < -0.39 is 0 Å². The molecule has 0 spiro atoms. The summed E-state index contributed by atoms with van der Waals surface area (Å²) in [6.07, 6.45) is 6.34. The summed E-state index contributed by atoms with van der Waals surface area (Å²) in [7, 11) is 0. The Morgan fingerprint density at radius 3 is 2.79 bits per heavy atom. The summed E-state index contributed by atoms with van der Waals surface area (Å²) in [5.74, 6) is 1.60. The number of hydrogen-bond donors (Lipinski definition) is 1. The Kier molecular flexibility index (Phi) is 5.80. The first-order valence-corrected chi connectivity index (χ1v) is 10.5. The molecule has 3 aliphatic rings. The number of ether oxygens (including phenoxy) is 1. The van der Waals surface area contributed by atoms with E-state index in [0.717, 1.165) is 51.9 Å². The standard InChI is InChI=1S/C21H30N4O3/c1-15(26)24-10-5-18(6-11-24)25-9-4-16-13-20(27)23-19-3-2-8-22-21(19)28-12-7-17(16)14-25/h2-3,8,16-18H,4-7,9-14H2,1H3,(H,23,27)/t16-,17-/m0/s1. The zero-order valence-electron chi connectivity index (χ0n) is 16.6. The van der Waals surface area contributed by atoms with Crippen LogP contribution in [0, 0.1) is 11.8 Å². The molecule has 2 amide bonds. The molecule has 0 aromatic carbocycles. The highest BCUT2D eigenvalue weighted by Crippen LogP contribution is 2.34. The maximum absolute atomic E-state index is 12.6. The predicted molar refractivity (Wildman–Crippen MR) is 106 cm³/mol. The zero-order chi connectivity index (χ0) is 19.5. The van der Waals surface area contributed by atoms with Crippen LogP contribution in [-0.4, -0.2) is 65.4 Å². The summed E-state index contributed by atoms with van der Waals surface area (Å²) >= 11 is 0. The fourth-order valence-electron chi connectivity index (χ4n) is 4.93. The average Bonchev–Trinajstić information content (AvgIpc) is 2.70. The van der Waals surface area contributed by atoms with E-state index >= 15 is 0 Å². The van der Waals surface area contributed by atoms with E-state index in [9.17, 15) is 9.59 Å². The highest BCUT2D eigenvalue weighted by molar-refractivity contribution is 5.92. The van der Waals surface area contributed by atoms with Gasteiger partial charge in [0, 0.05) is 45.2 Å². The van der Waals surface area contributed by atoms with Gasteiger partial charge in [-0.2, -0.15) is 0 Å². The van der Waals surface area contributed by atoms with Crippen molar-refractivity contribution >= 4 is 17.5 Å². The molecular weight excluding hydrogens is 356 g/mol. The largest absolute Gasteiger partial charge is 0.476 e. The van der Waals surface area contributed by atoms with E-state index in [2.05, 4.69) is 15.2 Å². The normalized spacial score (nSPS) is 27.2. The number of hydrogen-bond acceptors (Lipinski definition) is 5. The molecule has 28 heavy (non-hydrogen) atoms. The van der Waals surface area contributed by atoms with Crippen LogP contribution in [0.1, 0.15) is 39.0 Å². The highest BCUT2D eigenvalue weighted by atomic mass is 16.5. The predicted octanol–water partition coefficient (Wildman–Crippen LogP) is 2.14. The molecule has 2 atom stereocenters. The van der Waals surface area contributed by atoms with Crippen LogP contribution >= 0.6 is 0 Å². The third-order valence-corrected chi connectivity index (χ3v) is 6.57. The lowest BCUT2D eigenvalue weighted by molar-refractivity contribution is -0.130. The van der Waals surface area contributed by atoms with Gasteiger partial charge in [0.05, 0.1) is 6.61 Å². The van der Waals surface area contributed by atoms with Crippen molar-refractivity contribution in [3.05, 3.63) is 18.3 Å². The van der Waals surface area contributed by atoms with Crippen LogP contribution in [0.5, 0.6) is 5.88 Å². The van der Waals surface area contributed by atoms with E-state index in [-0.39, 0.29) is 11.8 Å². The van der Waals surface area contributed by atoms with Gasteiger partial charge in [0.1, 0.15) is 5.69 Å². The van der Waals surface area contributed by atoms with Crippen LogP contribution in [-0.2, 0) is 9.59 Å². The Hall–Kier alpha value is -2.15. The summed E-state index contributed by atoms with van der Waals surface area (Å²) in [6, 6.07) is 4.20. The third kappa shape index (κ3) is 4.29. The summed E-state index contributed by atoms with van der Waals surface area (Å²) in [4.78, 5) is 32.9. The minimum Gasteiger partial charge on any atom is -0.476 e. The summed E-state index contributed by atoms with van der Waals surface area (Å²) in [6.45, 7) is 6.05. The Morgan fingerprint density at radius 2 is 2.00 bits per heavy atom. The van der Waals surface area contributed by atoms with Crippen LogP contribution < -0.4 is 10.1 Å². The van der Waals surface area contributed by atoms with Gasteiger partial charge in [-0.3, -0.25) is 14.5 Å². The van der Waals surface area contributed by atoms with Gasteiger partial charge in [0.2, 0.25) is 17.7 Å². The highest BCUT2D eigenvalue weighted by Gasteiger charge is 2.35. The van der Waals surface area contributed by atoms with Gasteiger partial charge in [-0.15, -0.1) is 0 Å². The van der Waals surface area contributed by atoms with Gasteiger partial charge in [0.15, 0.2) is 0 Å². The molecular formula is C21H30N4O3. The fraction of sp³-hybridized carbons (Fsp3) is 0.667. The quantitative estimate of drug-likeness (QED) is 0.800. The van der Waals surface area contributed by atoms with Crippen LogP contribution in [0.2, 0.25) is 0 Å². The van der Waals surface area contributed by atoms with Gasteiger partial charge >= 0.3 is 0 Å². The SMILES string of the molecule is CC(=O)N1CCC(N2CC[C@H]3CC(=O)Nc4cccnc4OCC[C@H]3C2)CC1. The number of nitrogens with zero attached hydrogens (tertiary/aromatic N) is 3. The number of likely N-dealkylation sites (tertiary alicyclic amines) is 2. The molecule has 1 N–H and O–H groups in total. The number of piperidine rings is 2. The fourth-order valence-corrected chi connectivity index (χ4v) is 4.93. The monoisotopic (exact) mass is 386 g/mol.